The molecule has 0 aliphatic carbocycles. The third-order valence-corrected chi connectivity index (χ3v) is 4.40. The number of benzene rings is 1. The first-order valence-corrected chi connectivity index (χ1v) is 8.24. The smallest absolute Gasteiger partial charge is 0.230 e. The number of hydrogen-bond acceptors (Lipinski definition) is 4. The molecule has 2 rings (SSSR count). The van der Waals surface area contributed by atoms with E-state index in [2.05, 4.69) is 10.6 Å². The Hall–Kier alpha value is -1.93. The second-order valence-electron chi connectivity index (χ2n) is 5.02. The molecule has 1 aromatic rings. The van der Waals surface area contributed by atoms with Crippen LogP contribution in [-0.2, 0) is 19.6 Å². The van der Waals surface area contributed by atoms with E-state index in [9.17, 15) is 18.0 Å². The number of hydrogen-bond donors (Lipinski definition) is 2. The number of amides is 2. The van der Waals surface area contributed by atoms with E-state index in [-0.39, 0.29) is 30.8 Å². The van der Waals surface area contributed by atoms with E-state index in [1.165, 1.54) is 11.2 Å². The topological polar surface area (TPSA) is 95.6 Å². The Labute approximate surface area is 123 Å². The SMILES string of the molecule is CC(=O)Nc1ccc(NC(=O)C2CN(S(C)(=O)=O)C2)cc1. The molecule has 1 aromatic carbocycles. The average molecular weight is 311 g/mol. The number of anilines is 2. The fourth-order valence-electron chi connectivity index (χ4n) is 1.96. The lowest BCUT2D eigenvalue weighted by Gasteiger charge is -2.35. The van der Waals surface area contributed by atoms with Crippen LogP contribution < -0.4 is 10.6 Å². The van der Waals surface area contributed by atoms with Gasteiger partial charge in [-0.25, -0.2) is 12.7 Å². The molecule has 0 saturated carbocycles. The van der Waals surface area contributed by atoms with E-state index in [1.54, 1.807) is 24.3 Å². The molecule has 0 atom stereocenters. The molecule has 1 fully saturated rings. The molecule has 0 spiro atoms. The van der Waals surface area contributed by atoms with Gasteiger partial charge in [0.1, 0.15) is 0 Å². The van der Waals surface area contributed by atoms with Gasteiger partial charge < -0.3 is 10.6 Å². The van der Waals surface area contributed by atoms with Crippen molar-refractivity contribution < 1.29 is 18.0 Å². The van der Waals surface area contributed by atoms with Crippen molar-refractivity contribution in [1.29, 1.82) is 0 Å². The Bertz CT molecular complexity index is 648. The summed E-state index contributed by atoms with van der Waals surface area (Å²) in [4.78, 5) is 22.8. The molecule has 114 valence electrons. The minimum Gasteiger partial charge on any atom is -0.326 e. The van der Waals surface area contributed by atoms with Crippen LogP contribution >= 0.6 is 0 Å². The summed E-state index contributed by atoms with van der Waals surface area (Å²) in [6.45, 7) is 1.85. The van der Waals surface area contributed by atoms with Gasteiger partial charge in [-0.15, -0.1) is 0 Å². The van der Waals surface area contributed by atoms with Crippen molar-refractivity contribution in [2.24, 2.45) is 5.92 Å². The molecular formula is C13H17N3O4S. The summed E-state index contributed by atoms with van der Waals surface area (Å²) >= 11 is 0. The third kappa shape index (κ3) is 4.02. The number of carbonyl (C=O) groups excluding carboxylic acids is 2. The van der Waals surface area contributed by atoms with Gasteiger partial charge in [-0.3, -0.25) is 9.59 Å². The van der Waals surface area contributed by atoms with Gasteiger partial charge in [0.25, 0.3) is 0 Å². The predicted octanol–water partition coefficient (Wildman–Crippen LogP) is 0.475. The van der Waals surface area contributed by atoms with Gasteiger partial charge in [-0.05, 0) is 24.3 Å². The number of carbonyl (C=O) groups is 2. The molecule has 2 amide bonds. The number of sulfonamides is 1. The molecule has 1 aliphatic rings. The second-order valence-corrected chi connectivity index (χ2v) is 7.01. The molecule has 7 nitrogen and oxygen atoms in total. The summed E-state index contributed by atoms with van der Waals surface area (Å²) in [5, 5.41) is 5.35. The first-order valence-electron chi connectivity index (χ1n) is 6.39. The minimum absolute atomic E-state index is 0.165. The number of rotatable bonds is 4. The normalized spacial score (nSPS) is 16.1. The number of nitrogens with one attached hydrogen (secondary N) is 2. The molecule has 1 aliphatic heterocycles. The first-order chi connectivity index (χ1) is 9.75. The maximum absolute atomic E-state index is 11.9. The van der Waals surface area contributed by atoms with Gasteiger partial charge in [0, 0.05) is 31.4 Å². The van der Waals surface area contributed by atoms with Crippen LogP contribution in [0.5, 0.6) is 0 Å². The average Bonchev–Trinajstić information content (AvgIpc) is 2.27. The highest BCUT2D eigenvalue weighted by atomic mass is 32.2. The van der Waals surface area contributed by atoms with E-state index in [1.807, 2.05) is 0 Å². The highest BCUT2D eigenvalue weighted by Crippen LogP contribution is 2.21. The van der Waals surface area contributed by atoms with Crippen LogP contribution in [-0.4, -0.2) is 43.9 Å². The highest BCUT2D eigenvalue weighted by molar-refractivity contribution is 7.88. The van der Waals surface area contributed by atoms with E-state index in [0.717, 1.165) is 6.26 Å². The van der Waals surface area contributed by atoms with Crippen LogP contribution in [0.15, 0.2) is 24.3 Å². The molecule has 0 bridgehead atoms. The van der Waals surface area contributed by atoms with Crippen molar-refractivity contribution in [3.05, 3.63) is 24.3 Å². The summed E-state index contributed by atoms with van der Waals surface area (Å²) in [7, 11) is -3.21. The summed E-state index contributed by atoms with van der Waals surface area (Å²) in [6, 6.07) is 6.72. The Kier molecular flexibility index (Phi) is 4.29. The van der Waals surface area contributed by atoms with E-state index in [0.29, 0.717) is 11.4 Å². The molecule has 0 aromatic heterocycles. The van der Waals surface area contributed by atoms with Gasteiger partial charge in [0.15, 0.2) is 0 Å². The molecule has 21 heavy (non-hydrogen) atoms. The maximum Gasteiger partial charge on any atom is 0.230 e. The Morgan fingerprint density at radius 1 is 1.10 bits per heavy atom. The zero-order valence-corrected chi connectivity index (χ0v) is 12.6. The van der Waals surface area contributed by atoms with Gasteiger partial charge >= 0.3 is 0 Å². The van der Waals surface area contributed by atoms with Crippen LogP contribution in [0, 0.1) is 5.92 Å². The fourth-order valence-corrected chi connectivity index (χ4v) is 2.86. The van der Waals surface area contributed by atoms with E-state index in [4.69, 9.17) is 0 Å². The standard InChI is InChI=1S/C13H17N3O4S/c1-9(17)14-11-3-5-12(6-4-11)15-13(18)10-7-16(8-10)21(2,19)20/h3-6,10H,7-8H2,1-2H3,(H,14,17)(H,15,18). The van der Waals surface area contributed by atoms with Crippen LogP contribution in [0.4, 0.5) is 11.4 Å². The van der Waals surface area contributed by atoms with Gasteiger partial charge in [0.2, 0.25) is 21.8 Å². The molecule has 0 unspecified atom stereocenters. The minimum atomic E-state index is -3.21. The first kappa shape index (κ1) is 15.5. The predicted molar refractivity (Wildman–Crippen MR) is 79.3 cm³/mol. The summed E-state index contributed by atoms with van der Waals surface area (Å²) in [6.07, 6.45) is 1.13. The van der Waals surface area contributed by atoms with Gasteiger partial charge in [0.05, 0.1) is 12.2 Å². The quantitative estimate of drug-likeness (QED) is 0.845. The van der Waals surface area contributed by atoms with Crippen molar-refractivity contribution in [2.45, 2.75) is 6.92 Å². The van der Waals surface area contributed by atoms with Gasteiger partial charge in [-0.2, -0.15) is 0 Å². The lowest BCUT2D eigenvalue weighted by Crippen LogP contribution is -2.53. The molecule has 2 N–H and O–H groups in total. The monoisotopic (exact) mass is 311 g/mol. The highest BCUT2D eigenvalue weighted by Gasteiger charge is 2.37. The fraction of sp³-hybridized carbons (Fsp3) is 0.385. The van der Waals surface area contributed by atoms with Crippen molar-refractivity contribution in [3.63, 3.8) is 0 Å². The lowest BCUT2D eigenvalue weighted by molar-refractivity contribution is -0.122. The zero-order valence-electron chi connectivity index (χ0n) is 11.8. The summed E-state index contributed by atoms with van der Waals surface area (Å²) in [5.74, 6) is -0.695. The molecule has 1 saturated heterocycles. The molecule has 0 radical (unpaired) electrons. The summed E-state index contributed by atoms with van der Waals surface area (Å²) < 4.78 is 23.7. The van der Waals surface area contributed by atoms with Crippen molar-refractivity contribution in [1.82, 2.24) is 4.31 Å². The lowest BCUT2D eigenvalue weighted by atomic mass is 10.0. The van der Waals surface area contributed by atoms with Crippen LogP contribution in [0.25, 0.3) is 0 Å². The van der Waals surface area contributed by atoms with Crippen molar-refractivity contribution in [2.75, 3.05) is 30.0 Å². The van der Waals surface area contributed by atoms with Crippen LogP contribution in [0.3, 0.4) is 0 Å². The Morgan fingerprint density at radius 3 is 2.00 bits per heavy atom. The van der Waals surface area contributed by atoms with Crippen LogP contribution in [0.2, 0.25) is 0 Å². The molecule has 8 heteroatoms. The second kappa shape index (κ2) is 5.82. The van der Waals surface area contributed by atoms with Crippen molar-refractivity contribution in [3.8, 4) is 0 Å². The van der Waals surface area contributed by atoms with E-state index >= 15 is 0 Å². The Morgan fingerprint density at radius 2 is 1.57 bits per heavy atom. The summed E-state index contributed by atoms with van der Waals surface area (Å²) in [5.41, 5.74) is 1.25. The third-order valence-electron chi connectivity index (χ3n) is 3.16. The Balaban J connectivity index is 1.88. The number of nitrogens with zero attached hydrogens (tertiary/aromatic N) is 1. The maximum atomic E-state index is 11.9. The molecular weight excluding hydrogens is 294 g/mol. The van der Waals surface area contributed by atoms with Crippen molar-refractivity contribution >= 4 is 33.2 Å². The molecule has 1 heterocycles. The van der Waals surface area contributed by atoms with Crippen LogP contribution in [0.1, 0.15) is 6.92 Å². The van der Waals surface area contributed by atoms with Gasteiger partial charge in [-0.1, -0.05) is 0 Å². The zero-order chi connectivity index (χ0) is 15.6. The van der Waals surface area contributed by atoms with E-state index < -0.39 is 10.0 Å². The largest absolute Gasteiger partial charge is 0.326 e.